The average Bonchev–Trinajstić information content (AvgIpc) is 3.31. The van der Waals surface area contributed by atoms with Crippen molar-refractivity contribution < 1.29 is 0 Å². The fourth-order valence-corrected chi connectivity index (χ4v) is 3.99. The van der Waals surface area contributed by atoms with Gasteiger partial charge in [-0.3, -0.25) is 4.57 Å². The van der Waals surface area contributed by atoms with Crippen molar-refractivity contribution in [3.8, 4) is 5.82 Å². The van der Waals surface area contributed by atoms with Gasteiger partial charge < -0.3 is 0 Å². The van der Waals surface area contributed by atoms with Crippen molar-refractivity contribution >= 4 is 46.0 Å². The molecule has 0 atom stereocenters. The zero-order valence-corrected chi connectivity index (χ0v) is 17.7. The van der Waals surface area contributed by atoms with E-state index >= 15 is 0 Å². The van der Waals surface area contributed by atoms with Crippen molar-refractivity contribution in [2.24, 2.45) is 0 Å². The second-order valence-corrected chi connectivity index (χ2v) is 8.05. The lowest BCUT2D eigenvalue weighted by atomic mass is 10.3. The zero-order valence-electron chi connectivity index (χ0n) is 15.3. The Morgan fingerprint density at radius 3 is 2.50 bits per heavy atom. The topological polar surface area (TPSA) is 87.2 Å². The normalized spacial score (nSPS) is 11.6. The molecule has 0 spiro atoms. The average molecular weight is 435 g/mol. The van der Waals surface area contributed by atoms with Crippen LogP contribution in [0.25, 0.3) is 16.9 Å². The molecule has 4 rings (SSSR count). The molecule has 0 radical (unpaired) electrons. The summed E-state index contributed by atoms with van der Waals surface area (Å²) in [5.41, 5.74) is 1.29. The fraction of sp³-hybridized carbons (Fsp3) is 0.294. The second kappa shape index (κ2) is 7.65. The minimum atomic E-state index is 0.113. The number of hydrogen-bond donors (Lipinski definition) is 0. The molecule has 0 unspecified atom stereocenters. The van der Waals surface area contributed by atoms with Crippen molar-refractivity contribution in [1.29, 1.82) is 0 Å². The number of tetrazole rings is 1. The van der Waals surface area contributed by atoms with Crippen LogP contribution in [0.1, 0.15) is 32.6 Å². The highest BCUT2D eigenvalue weighted by Crippen LogP contribution is 2.33. The van der Waals surface area contributed by atoms with Crippen LogP contribution in [-0.4, -0.2) is 39.7 Å². The van der Waals surface area contributed by atoms with Crippen molar-refractivity contribution in [2.45, 2.75) is 43.4 Å². The number of halogens is 2. The molecule has 0 saturated heterocycles. The van der Waals surface area contributed by atoms with E-state index < -0.39 is 0 Å². The van der Waals surface area contributed by atoms with Gasteiger partial charge in [0.05, 0.1) is 27.1 Å². The Hall–Kier alpha value is -2.23. The first-order valence-corrected chi connectivity index (χ1v) is 10.2. The Labute approximate surface area is 175 Å². The number of aromatic nitrogens is 8. The first-order valence-electron chi connectivity index (χ1n) is 8.63. The summed E-state index contributed by atoms with van der Waals surface area (Å²) in [6, 6.07) is 3.53. The van der Waals surface area contributed by atoms with Crippen LogP contribution < -0.4 is 0 Å². The Balaban J connectivity index is 1.92. The minimum Gasteiger partial charge on any atom is -0.286 e. The molecule has 3 aromatic heterocycles. The lowest BCUT2D eigenvalue weighted by Crippen LogP contribution is -2.08. The lowest BCUT2D eigenvalue weighted by molar-refractivity contribution is 0.477. The summed E-state index contributed by atoms with van der Waals surface area (Å²) < 4.78 is 3.66. The maximum Gasteiger partial charge on any atom is 0.215 e. The standard InChI is InChI=1S/C17H16Cl2N8S/c1-4-14-20-5-6-26(14)15-16(28-17-23-24-25-27(17)9(2)3)22-13-8-11(19)10(18)7-12(13)21-15/h5-9H,4H2,1-3H3. The van der Waals surface area contributed by atoms with Gasteiger partial charge in [-0.15, -0.1) is 5.10 Å². The van der Waals surface area contributed by atoms with Crippen molar-refractivity contribution in [3.63, 3.8) is 0 Å². The number of imidazole rings is 1. The van der Waals surface area contributed by atoms with Crippen LogP contribution in [0.15, 0.2) is 34.7 Å². The SMILES string of the molecule is CCc1nccn1-c1nc2cc(Cl)c(Cl)cc2nc1Sc1nnnn1C(C)C. The Morgan fingerprint density at radius 1 is 1.11 bits per heavy atom. The second-order valence-electron chi connectivity index (χ2n) is 6.28. The molecule has 0 saturated carbocycles. The largest absolute Gasteiger partial charge is 0.286 e. The third-order valence-electron chi connectivity index (χ3n) is 4.06. The molecule has 11 heteroatoms. The molecule has 144 valence electrons. The highest BCUT2D eigenvalue weighted by molar-refractivity contribution is 7.99. The van der Waals surface area contributed by atoms with E-state index in [0.29, 0.717) is 37.1 Å². The molecular formula is C17H16Cl2N8S. The lowest BCUT2D eigenvalue weighted by Gasteiger charge is -2.13. The minimum absolute atomic E-state index is 0.113. The van der Waals surface area contributed by atoms with E-state index in [1.165, 1.54) is 11.8 Å². The summed E-state index contributed by atoms with van der Waals surface area (Å²) in [5.74, 6) is 1.52. The van der Waals surface area contributed by atoms with Crippen molar-refractivity contribution in [3.05, 3.63) is 40.4 Å². The number of benzene rings is 1. The van der Waals surface area contributed by atoms with Crippen molar-refractivity contribution in [2.75, 3.05) is 0 Å². The first-order chi connectivity index (χ1) is 13.5. The maximum absolute atomic E-state index is 6.18. The Bertz CT molecular complexity index is 1150. The van der Waals surface area contributed by atoms with Crippen LogP contribution in [0.4, 0.5) is 0 Å². The molecule has 3 heterocycles. The molecule has 0 aliphatic heterocycles. The molecule has 4 aromatic rings. The summed E-state index contributed by atoms with van der Waals surface area (Å²) in [4.78, 5) is 14.0. The van der Waals surface area contributed by atoms with Crippen LogP contribution in [-0.2, 0) is 6.42 Å². The van der Waals surface area contributed by atoms with E-state index in [-0.39, 0.29) is 6.04 Å². The van der Waals surface area contributed by atoms with Gasteiger partial charge in [0.25, 0.3) is 0 Å². The van der Waals surface area contributed by atoms with E-state index in [9.17, 15) is 0 Å². The number of fused-ring (bicyclic) bond motifs is 1. The van der Waals surface area contributed by atoms with Gasteiger partial charge in [-0.25, -0.2) is 19.6 Å². The highest BCUT2D eigenvalue weighted by Gasteiger charge is 2.19. The third kappa shape index (κ3) is 3.45. The number of nitrogens with zero attached hydrogens (tertiary/aromatic N) is 8. The monoisotopic (exact) mass is 434 g/mol. The van der Waals surface area contributed by atoms with Crippen LogP contribution in [0.3, 0.4) is 0 Å². The molecule has 1 aromatic carbocycles. The first kappa shape index (κ1) is 19.1. The molecular weight excluding hydrogens is 419 g/mol. The fourth-order valence-electron chi connectivity index (χ4n) is 2.70. The number of hydrogen-bond acceptors (Lipinski definition) is 7. The van der Waals surface area contributed by atoms with Crippen LogP contribution in [0, 0.1) is 0 Å². The van der Waals surface area contributed by atoms with Gasteiger partial charge >= 0.3 is 0 Å². The highest BCUT2D eigenvalue weighted by atomic mass is 35.5. The zero-order chi connectivity index (χ0) is 19.8. The van der Waals surface area contributed by atoms with Gasteiger partial charge in [-0.2, -0.15) is 0 Å². The summed E-state index contributed by atoms with van der Waals surface area (Å²) in [6.45, 7) is 6.07. The van der Waals surface area contributed by atoms with E-state index in [0.717, 1.165) is 12.2 Å². The van der Waals surface area contributed by atoms with Gasteiger partial charge in [0.1, 0.15) is 10.9 Å². The molecule has 8 nitrogen and oxygen atoms in total. The van der Waals surface area contributed by atoms with E-state index in [4.69, 9.17) is 33.2 Å². The molecule has 0 aliphatic carbocycles. The summed E-state index contributed by atoms with van der Waals surface area (Å²) >= 11 is 13.7. The van der Waals surface area contributed by atoms with Crippen LogP contribution in [0.5, 0.6) is 0 Å². The van der Waals surface area contributed by atoms with Crippen LogP contribution in [0.2, 0.25) is 10.0 Å². The predicted molar refractivity (Wildman–Crippen MR) is 108 cm³/mol. The quantitative estimate of drug-likeness (QED) is 0.459. The van der Waals surface area contributed by atoms with E-state index in [2.05, 4.69) is 20.5 Å². The van der Waals surface area contributed by atoms with E-state index in [1.54, 1.807) is 23.0 Å². The maximum atomic E-state index is 6.18. The Morgan fingerprint density at radius 2 is 1.82 bits per heavy atom. The molecule has 0 amide bonds. The van der Waals surface area contributed by atoms with Gasteiger partial charge in [0.2, 0.25) is 5.16 Å². The smallest absolute Gasteiger partial charge is 0.215 e. The molecule has 0 fully saturated rings. The van der Waals surface area contributed by atoms with Gasteiger partial charge in [0.15, 0.2) is 5.82 Å². The summed E-state index contributed by atoms with van der Waals surface area (Å²) in [6.07, 6.45) is 4.36. The number of aryl methyl sites for hydroxylation is 1. The summed E-state index contributed by atoms with van der Waals surface area (Å²) in [7, 11) is 0. The third-order valence-corrected chi connectivity index (χ3v) is 5.70. The van der Waals surface area contributed by atoms with Gasteiger partial charge in [0, 0.05) is 18.8 Å². The summed E-state index contributed by atoms with van der Waals surface area (Å²) in [5, 5.41) is 14.1. The van der Waals surface area contributed by atoms with Gasteiger partial charge in [-0.05, 0) is 48.2 Å². The van der Waals surface area contributed by atoms with Crippen LogP contribution >= 0.6 is 35.0 Å². The molecule has 0 bridgehead atoms. The molecule has 0 aliphatic rings. The van der Waals surface area contributed by atoms with E-state index in [1.807, 2.05) is 31.5 Å². The Kier molecular flexibility index (Phi) is 5.22. The molecule has 28 heavy (non-hydrogen) atoms. The molecule has 0 N–H and O–H groups in total. The van der Waals surface area contributed by atoms with Crippen molar-refractivity contribution in [1.82, 2.24) is 39.7 Å². The predicted octanol–water partition coefficient (Wildman–Crippen LogP) is 4.40. The van der Waals surface area contributed by atoms with Gasteiger partial charge in [-0.1, -0.05) is 30.1 Å². The number of rotatable bonds is 5.